The van der Waals surface area contributed by atoms with Gasteiger partial charge in [0, 0.05) is 10.9 Å². The number of hydrazone groups is 1. The Bertz CT molecular complexity index is 774. The molecule has 0 spiro atoms. The van der Waals surface area contributed by atoms with Crippen LogP contribution < -0.4 is 5.43 Å². The van der Waals surface area contributed by atoms with Crippen LogP contribution in [0.4, 0.5) is 5.13 Å². The van der Waals surface area contributed by atoms with Crippen LogP contribution in [-0.2, 0) is 0 Å². The van der Waals surface area contributed by atoms with Crippen LogP contribution >= 0.6 is 11.3 Å². The number of aromatic nitrogens is 1. The number of anilines is 1. The highest BCUT2D eigenvalue weighted by molar-refractivity contribution is 7.14. The Balaban J connectivity index is 1.73. The number of aryl methyl sites for hydroxylation is 1. The van der Waals surface area contributed by atoms with Gasteiger partial charge in [0.1, 0.15) is 0 Å². The lowest BCUT2D eigenvalue weighted by Gasteiger charge is -2.02. The van der Waals surface area contributed by atoms with Gasteiger partial charge in [0.25, 0.3) is 0 Å². The van der Waals surface area contributed by atoms with Gasteiger partial charge in [-0.3, -0.25) is 5.43 Å². The molecule has 0 radical (unpaired) electrons. The number of benzene rings is 2. The summed E-state index contributed by atoms with van der Waals surface area (Å²) in [5.41, 5.74) is 8.43. The number of hydrogen-bond acceptors (Lipinski definition) is 4. The zero-order valence-corrected chi connectivity index (χ0v) is 13.4. The molecule has 0 unspecified atom stereocenters. The molecule has 0 bridgehead atoms. The third-order valence-corrected chi connectivity index (χ3v) is 4.11. The van der Waals surface area contributed by atoms with Gasteiger partial charge in [-0.1, -0.05) is 60.2 Å². The molecule has 0 aliphatic carbocycles. The molecule has 3 aromatic rings. The summed E-state index contributed by atoms with van der Waals surface area (Å²) < 4.78 is 0. The number of nitrogens with zero attached hydrogens (tertiary/aromatic N) is 2. The van der Waals surface area contributed by atoms with Crippen molar-refractivity contribution >= 4 is 22.2 Å². The second-order valence-corrected chi connectivity index (χ2v) is 5.94. The summed E-state index contributed by atoms with van der Waals surface area (Å²) in [4.78, 5) is 4.56. The Morgan fingerprint density at radius 2 is 1.77 bits per heavy atom. The van der Waals surface area contributed by atoms with Crippen LogP contribution in [0.15, 0.2) is 65.1 Å². The van der Waals surface area contributed by atoms with Gasteiger partial charge in [0.2, 0.25) is 5.13 Å². The first-order valence-electron chi connectivity index (χ1n) is 7.10. The fourth-order valence-electron chi connectivity index (χ4n) is 2.06. The van der Waals surface area contributed by atoms with Crippen molar-refractivity contribution in [1.29, 1.82) is 0 Å². The number of hydrogen-bond donors (Lipinski definition) is 1. The predicted molar refractivity (Wildman–Crippen MR) is 94.6 cm³/mol. The minimum atomic E-state index is 0.797. The average molecular weight is 307 g/mol. The van der Waals surface area contributed by atoms with E-state index in [0.717, 1.165) is 27.7 Å². The monoisotopic (exact) mass is 307 g/mol. The van der Waals surface area contributed by atoms with Crippen molar-refractivity contribution < 1.29 is 0 Å². The Morgan fingerprint density at radius 1 is 1.05 bits per heavy atom. The SMILES string of the molecule is CC(=NNc1nc(-c2ccccc2)cs1)c1ccc(C)cc1. The van der Waals surface area contributed by atoms with E-state index in [0.29, 0.717) is 0 Å². The first-order valence-corrected chi connectivity index (χ1v) is 7.98. The van der Waals surface area contributed by atoms with Crippen LogP contribution in [0.25, 0.3) is 11.3 Å². The van der Waals surface area contributed by atoms with Crippen molar-refractivity contribution in [3.8, 4) is 11.3 Å². The standard InChI is InChI=1S/C18H17N3S/c1-13-8-10-15(11-9-13)14(2)20-21-18-19-17(12-22-18)16-6-4-3-5-7-16/h3-12H,1-2H3,(H,19,21). The van der Waals surface area contributed by atoms with Crippen LogP contribution in [-0.4, -0.2) is 10.7 Å². The molecular weight excluding hydrogens is 290 g/mol. The number of thiazole rings is 1. The molecule has 3 rings (SSSR count). The fraction of sp³-hybridized carbons (Fsp3) is 0.111. The molecule has 110 valence electrons. The summed E-state index contributed by atoms with van der Waals surface area (Å²) in [6.45, 7) is 4.07. The van der Waals surface area contributed by atoms with Gasteiger partial charge in [-0.25, -0.2) is 4.98 Å². The highest BCUT2D eigenvalue weighted by Gasteiger charge is 2.03. The smallest absolute Gasteiger partial charge is 0.203 e. The van der Waals surface area contributed by atoms with E-state index >= 15 is 0 Å². The van der Waals surface area contributed by atoms with E-state index < -0.39 is 0 Å². The minimum Gasteiger partial charge on any atom is -0.252 e. The number of nitrogens with one attached hydrogen (secondary N) is 1. The van der Waals surface area contributed by atoms with Crippen molar-refractivity contribution in [1.82, 2.24) is 4.98 Å². The first-order chi connectivity index (χ1) is 10.7. The van der Waals surface area contributed by atoms with Crippen molar-refractivity contribution in [2.45, 2.75) is 13.8 Å². The van der Waals surface area contributed by atoms with Gasteiger partial charge in [-0.05, 0) is 19.4 Å². The summed E-state index contributed by atoms with van der Waals surface area (Å²) in [7, 11) is 0. The molecule has 0 aliphatic rings. The van der Waals surface area contributed by atoms with Crippen molar-refractivity contribution in [2.24, 2.45) is 5.10 Å². The maximum absolute atomic E-state index is 4.56. The van der Waals surface area contributed by atoms with E-state index in [1.54, 1.807) is 11.3 Å². The van der Waals surface area contributed by atoms with Crippen molar-refractivity contribution in [3.63, 3.8) is 0 Å². The number of rotatable bonds is 4. The molecule has 0 saturated carbocycles. The van der Waals surface area contributed by atoms with E-state index in [4.69, 9.17) is 0 Å². The normalized spacial score (nSPS) is 11.5. The largest absolute Gasteiger partial charge is 0.252 e. The lowest BCUT2D eigenvalue weighted by atomic mass is 10.1. The van der Waals surface area contributed by atoms with E-state index in [9.17, 15) is 0 Å². The molecule has 3 nitrogen and oxygen atoms in total. The Kier molecular flexibility index (Phi) is 4.30. The topological polar surface area (TPSA) is 37.3 Å². The highest BCUT2D eigenvalue weighted by atomic mass is 32.1. The molecule has 0 atom stereocenters. The van der Waals surface area contributed by atoms with Crippen molar-refractivity contribution in [2.75, 3.05) is 5.43 Å². The van der Waals surface area contributed by atoms with Crippen LogP contribution in [0.1, 0.15) is 18.1 Å². The predicted octanol–water partition coefficient (Wildman–Crippen LogP) is 4.95. The quantitative estimate of drug-likeness (QED) is 0.546. The van der Waals surface area contributed by atoms with Crippen LogP contribution in [0.5, 0.6) is 0 Å². The fourth-order valence-corrected chi connectivity index (χ4v) is 2.72. The van der Waals surface area contributed by atoms with Gasteiger partial charge in [0.15, 0.2) is 0 Å². The first kappa shape index (κ1) is 14.5. The van der Waals surface area contributed by atoms with Crippen LogP contribution in [0, 0.1) is 6.92 Å². The van der Waals surface area contributed by atoms with E-state index in [1.165, 1.54) is 5.56 Å². The molecular formula is C18H17N3S. The summed E-state index contributed by atoms with van der Waals surface area (Å²) in [6, 6.07) is 18.5. The molecule has 1 aromatic heterocycles. The lowest BCUT2D eigenvalue weighted by Crippen LogP contribution is -1.99. The van der Waals surface area contributed by atoms with E-state index in [-0.39, 0.29) is 0 Å². The molecule has 0 fully saturated rings. The molecule has 0 aliphatic heterocycles. The second kappa shape index (κ2) is 6.54. The van der Waals surface area contributed by atoms with E-state index in [1.807, 2.05) is 30.5 Å². The van der Waals surface area contributed by atoms with E-state index in [2.05, 4.69) is 58.8 Å². The molecule has 2 aromatic carbocycles. The van der Waals surface area contributed by atoms with Crippen LogP contribution in [0.3, 0.4) is 0 Å². The summed E-state index contributed by atoms with van der Waals surface area (Å²) >= 11 is 1.55. The Morgan fingerprint density at radius 3 is 2.50 bits per heavy atom. The van der Waals surface area contributed by atoms with Crippen LogP contribution in [0.2, 0.25) is 0 Å². The zero-order chi connectivity index (χ0) is 15.4. The van der Waals surface area contributed by atoms with Gasteiger partial charge in [-0.2, -0.15) is 5.10 Å². The third-order valence-electron chi connectivity index (χ3n) is 3.36. The molecule has 0 saturated heterocycles. The van der Waals surface area contributed by atoms with Gasteiger partial charge >= 0.3 is 0 Å². The molecule has 1 heterocycles. The summed E-state index contributed by atoms with van der Waals surface area (Å²) in [6.07, 6.45) is 0. The maximum atomic E-state index is 4.56. The summed E-state index contributed by atoms with van der Waals surface area (Å²) in [5, 5.41) is 7.25. The lowest BCUT2D eigenvalue weighted by molar-refractivity contribution is 1.27. The molecule has 22 heavy (non-hydrogen) atoms. The second-order valence-electron chi connectivity index (χ2n) is 5.08. The van der Waals surface area contributed by atoms with Gasteiger partial charge in [-0.15, -0.1) is 11.3 Å². The Hall–Kier alpha value is -2.46. The zero-order valence-electron chi connectivity index (χ0n) is 12.6. The van der Waals surface area contributed by atoms with Gasteiger partial charge in [0.05, 0.1) is 11.4 Å². The summed E-state index contributed by atoms with van der Waals surface area (Å²) in [5.74, 6) is 0. The van der Waals surface area contributed by atoms with Gasteiger partial charge < -0.3 is 0 Å². The molecule has 1 N–H and O–H groups in total. The highest BCUT2D eigenvalue weighted by Crippen LogP contribution is 2.24. The minimum absolute atomic E-state index is 0.797. The van der Waals surface area contributed by atoms with Crippen molar-refractivity contribution in [3.05, 3.63) is 71.1 Å². The maximum Gasteiger partial charge on any atom is 0.203 e. The third kappa shape index (κ3) is 3.40. The average Bonchev–Trinajstić information content (AvgIpc) is 3.03. The molecule has 4 heteroatoms. The molecule has 0 amide bonds. The Labute approximate surface area is 134 Å².